The molecule has 116 valence electrons. The summed E-state index contributed by atoms with van der Waals surface area (Å²) >= 11 is 2.79. The molecule has 9 heteroatoms. The van der Waals surface area contributed by atoms with Gasteiger partial charge in [-0.05, 0) is 30.1 Å². The first kappa shape index (κ1) is 15.2. The zero-order valence-electron chi connectivity index (χ0n) is 11.8. The van der Waals surface area contributed by atoms with Crippen molar-refractivity contribution in [3.05, 3.63) is 28.4 Å². The average Bonchev–Trinajstić information content (AvgIpc) is 3.04. The fourth-order valence-electron chi connectivity index (χ4n) is 2.29. The van der Waals surface area contributed by atoms with Gasteiger partial charge in [-0.2, -0.15) is 0 Å². The maximum Gasteiger partial charge on any atom is 0.355 e. The molecule has 3 rings (SSSR count). The number of esters is 1. The Morgan fingerprint density at radius 3 is 3.09 bits per heavy atom. The van der Waals surface area contributed by atoms with E-state index in [1.54, 1.807) is 24.5 Å². The largest absolute Gasteiger partial charge is 0.461 e. The van der Waals surface area contributed by atoms with Crippen LogP contribution in [0.25, 0.3) is 6.08 Å². The van der Waals surface area contributed by atoms with E-state index in [2.05, 4.69) is 9.59 Å². The number of carbonyl (C=O) groups is 2. The molecule has 2 aliphatic rings. The first-order valence-corrected chi connectivity index (χ1v) is 8.57. The number of carbonyl (C=O) groups excluding carboxylic acids is 2. The minimum atomic E-state index is -0.553. The third-order valence-electron chi connectivity index (χ3n) is 3.34. The Hall–Kier alpha value is -1.71. The second-order valence-corrected chi connectivity index (χ2v) is 6.41. The number of rotatable bonds is 4. The highest BCUT2D eigenvalue weighted by atomic mass is 32.2. The molecular weight excluding hydrogens is 324 g/mol. The molecule has 1 aromatic heterocycles. The molecule has 0 aromatic carbocycles. The van der Waals surface area contributed by atoms with Crippen molar-refractivity contribution in [1.29, 1.82) is 0 Å². The van der Waals surface area contributed by atoms with Gasteiger partial charge in [0.05, 0.1) is 12.3 Å². The number of hydrogen-bond acceptors (Lipinski definition) is 8. The number of β-lactam (4-membered cyclic amide) rings is 1. The van der Waals surface area contributed by atoms with Crippen LogP contribution in [0.3, 0.4) is 0 Å². The summed E-state index contributed by atoms with van der Waals surface area (Å²) in [5.41, 5.74) is 7.51. The second kappa shape index (κ2) is 6.19. The lowest BCUT2D eigenvalue weighted by Crippen LogP contribution is -2.68. The number of allylic oxidation sites excluding steroid dienone is 1. The van der Waals surface area contributed by atoms with Gasteiger partial charge < -0.3 is 10.5 Å². The molecule has 1 fully saturated rings. The fourth-order valence-corrected chi connectivity index (χ4v) is 3.97. The van der Waals surface area contributed by atoms with E-state index in [0.29, 0.717) is 11.4 Å². The predicted molar refractivity (Wildman–Crippen MR) is 83.7 cm³/mol. The van der Waals surface area contributed by atoms with Crippen molar-refractivity contribution in [2.75, 3.05) is 12.4 Å². The lowest BCUT2D eigenvalue weighted by Gasteiger charge is -2.48. The quantitative estimate of drug-likeness (QED) is 0.634. The van der Waals surface area contributed by atoms with Crippen LogP contribution in [0.5, 0.6) is 0 Å². The number of thioether (sulfide) groups is 1. The Labute approximate surface area is 135 Å². The highest BCUT2D eigenvalue weighted by molar-refractivity contribution is 8.00. The molecule has 0 bridgehead atoms. The van der Waals surface area contributed by atoms with Crippen molar-refractivity contribution < 1.29 is 14.3 Å². The lowest BCUT2D eigenvalue weighted by molar-refractivity contribution is -0.150. The summed E-state index contributed by atoms with van der Waals surface area (Å²) < 4.78 is 8.86. The van der Waals surface area contributed by atoms with Crippen LogP contribution in [0, 0.1) is 0 Å². The average molecular weight is 338 g/mol. The highest BCUT2D eigenvalue weighted by Gasteiger charge is 2.51. The maximum atomic E-state index is 12.2. The van der Waals surface area contributed by atoms with Crippen LogP contribution in [-0.2, 0) is 14.3 Å². The summed E-state index contributed by atoms with van der Waals surface area (Å²) in [6, 6.07) is -0.553. The van der Waals surface area contributed by atoms with Gasteiger partial charge in [0.1, 0.15) is 17.1 Å². The first-order chi connectivity index (χ1) is 10.6. The Balaban J connectivity index is 1.94. The SMILES string of the molecule is CCOC(=O)C1=C(/C=C\c2csnn2)CS[C@H]2C(N)C(=O)N12. The predicted octanol–water partition coefficient (Wildman–Crippen LogP) is 0.611. The number of nitrogens with zero attached hydrogens (tertiary/aromatic N) is 3. The van der Waals surface area contributed by atoms with E-state index in [1.807, 2.05) is 0 Å². The Kier molecular flexibility index (Phi) is 4.27. The van der Waals surface area contributed by atoms with Crippen LogP contribution in [0.2, 0.25) is 0 Å². The molecular formula is C13H14N4O3S2. The van der Waals surface area contributed by atoms with Crippen LogP contribution < -0.4 is 5.73 Å². The summed E-state index contributed by atoms with van der Waals surface area (Å²) in [7, 11) is 0. The van der Waals surface area contributed by atoms with Crippen molar-refractivity contribution in [2.24, 2.45) is 5.73 Å². The normalized spacial score (nSPS) is 24.5. The lowest BCUT2D eigenvalue weighted by atomic mass is 10.0. The summed E-state index contributed by atoms with van der Waals surface area (Å²) in [4.78, 5) is 25.7. The summed E-state index contributed by atoms with van der Waals surface area (Å²) in [5.74, 6) is -0.157. The zero-order valence-corrected chi connectivity index (χ0v) is 13.4. The van der Waals surface area contributed by atoms with Gasteiger partial charge in [-0.15, -0.1) is 16.9 Å². The molecule has 22 heavy (non-hydrogen) atoms. The molecule has 3 heterocycles. The van der Waals surface area contributed by atoms with Crippen molar-refractivity contribution in [3.63, 3.8) is 0 Å². The summed E-state index contributed by atoms with van der Waals surface area (Å²) in [5, 5.41) is 5.52. The molecule has 2 N–H and O–H groups in total. The molecule has 7 nitrogen and oxygen atoms in total. The summed E-state index contributed by atoms with van der Waals surface area (Å²) in [6.07, 6.45) is 3.55. The topological polar surface area (TPSA) is 98.4 Å². The standard InChI is InChI=1S/C13H14N4O3S2/c1-2-20-13(19)10-7(3-4-8-6-22-16-15-8)5-21-12-9(14)11(18)17(10)12/h3-4,6,9,12H,2,5,14H2,1H3/b4-3-/t9?,12-/m0/s1. The molecule has 2 atom stereocenters. The van der Waals surface area contributed by atoms with E-state index in [9.17, 15) is 9.59 Å². The molecule has 1 saturated heterocycles. The number of hydrogen-bond donors (Lipinski definition) is 1. The number of aromatic nitrogens is 2. The molecule has 1 amide bonds. The van der Waals surface area contributed by atoms with Crippen LogP contribution in [-0.4, -0.2) is 50.1 Å². The highest BCUT2D eigenvalue weighted by Crippen LogP contribution is 2.40. The molecule has 0 spiro atoms. The van der Waals surface area contributed by atoms with E-state index >= 15 is 0 Å². The Bertz CT molecular complexity index is 656. The summed E-state index contributed by atoms with van der Waals surface area (Å²) in [6.45, 7) is 1.98. The van der Waals surface area contributed by atoms with Crippen LogP contribution >= 0.6 is 23.3 Å². The Morgan fingerprint density at radius 2 is 2.41 bits per heavy atom. The van der Waals surface area contributed by atoms with Crippen molar-refractivity contribution in [1.82, 2.24) is 14.5 Å². The molecule has 1 unspecified atom stereocenters. The third kappa shape index (κ3) is 2.55. The van der Waals surface area contributed by atoms with Gasteiger partial charge >= 0.3 is 5.97 Å². The van der Waals surface area contributed by atoms with E-state index < -0.39 is 12.0 Å². The van der Waals surface area contributed by atoms with Gasteiger partial charge in [-0.3, -0.25) is 9.69 Å². The van der Waals surface area contributed by atoms with E-state index in [0.717, 1.165) is 5.57 Å². The fraction of sp³-hybridized carbons (Fsp3) is 0.385. The number of fused-ring (bicyclic) bond motifs is 1. The van der Waals surface area contributed by atoms with Gasteiger partial charge in [0, 0.05) is 11.1 Å². The van der Waals surface area contributed by atoms with Crippen molar-refractivity contribution in [3.8, 4) is 0 Å². The minimum absolute atomic E-state index is 0.190. The number of nitrogens with two attached hydrogens (primary N) is 1. The van der Waals surface area contributed by atoms with E-state index in [4.69, 9.17) is 10.5 Å². The zero-order chi connectivity index (χ0) is 15.7. The van der Waals surface area contributed by atoms with Crippen LogP contribution in [0.4, 0.5) is 0 Å². The van der Waals surface area contributed by atoms with Gasteiger partial charge in [0.2, 0.25) is 5.91 Å². The van der Waals surface area contributed by atoms with E-state index in [1.165, 1.54) is 28.2 Å². The molecule has 0 saturated carbocycles. The third-order valence-corrected chi connectivity index (χ3v) is 5.19. The monoisotopic (exact) mass is 338 g/mol. The Morgan fingerprint density at radius 1 is 1.59 bits per heavy atom. The molecule has 0 radical (unpaired) electrons. The van der Waals surface area contributed by atoms with Crippen molar-refractivity contribution in [2.45, 2.75) is 18.3 Å². The molecule has 1 aromatic rings. The first-order valence-electron chi connectivity index (χ1n) is 6.69. The molecule has 0 aliphatic carbocycles. The van der Waals surface area contributed by atoms with Crippen LogP contribution in [0.1, 0.15) is 12.6 Å². The van der Waals surface area contributed by atoms with Gasteiger partial charge in [-0.25, -0.2) is 4.79 Å². The maximum absolute atomic E-state index is 12.2. The van der Waals surface area contributed by atoms with Gasteiger partial charge in [0.25, 0.3) is 0 Å². The number of ether oxygens (including phenoxy) is 1. The van der Waals surface area contributed by atoms with Gasteiger partial charge in [0.15, 0.2) is 0 Å². The van der Waals surface area contributed by atoms with E-state index in [-0.39, 0.29) is 23.6 Å². The minimum Gasteiger partial charge on any atom is -0.461 e. The van der Waals surface area contributed by atoms with Crippen molar-refractivity contribution >= 4 is 41.2 Å². The number of amides is 1. The van der Waals surface area contributed by atoms with Crippen LogP contribution in [0.15, 0.2) is 22.7 Å². The second-order valence-electron chi connectivity index (χ2n) is 4.69. The van der Waals surface area contributed by atoms with Gasteiger partial charge in [-0.1, -0.05) is 10.6 Å². The molecule has 2 aliphatic heterocycles. The smallest absolute Gasteiger partial charge is 0.355 e.